The first-order chi connectivity index (χ1) is 33.5. The lowest BCUT2D eigenvalue weighted by Gasteiger charge is -2.35. The Kier molecular flexibility index (Phi) is 20.1. The largest absolute Gasteiger partial charge is 0.451 e. The minimum absolute atomic E-state index is 0.0825. The van der Waals surface area contributed by atoms with E-state index in [1.165, 1.54) is 14.0 Å². The number of alkyl halides is 6. The fraction of sp³-hybridized carbons (Fsp3) is 0.551. The Morgan fingerprint density at radius 3 is 1.74 bits per heavy atom. The van der Waals surface area contributed by atoms with Crippen LogP contribution in [0, 0.1) is 23.2 Å². The second-order valence-corrected chi connectivity index (χ2v) is 19.3. The average Bonchev–Trinajstić information content (AvgIpc) is 3.64. The number of nitrogens with zero attached hydrogens (tertiary/aromatic N) is 5. The molecule has 16 nitrogen and oxygen atoms in total. The number of aromatic nitrogens is 1. The quantitative estimate of drug-likeness (QED) is 0.142. The van der Waals surface area contributed by atoms with E-state index in [9.17, 15) is 65.2 Å². The second kappa shape index (κ2) is 24.8. The van der Waals surface area contributed by atoms with Crippen LogP contribution in [0.4, 0.5) is 26.3 Å². The van der Waals surface area contributed by atoms with Gasteiger partial charge in [-0.3, -0.25) is 28.8 Å². The molecule has 1 aliphatic heterocycles. The van der Waals surface area contributed by atoms with Crippen molar-refractivity contribution in [3.63, 3.8) is 0 Å². The highest BCUT2D eigenvalue weighted by Crippen LogP contribution is 2.29. The highest BCUT2D eigenvalue weighted by Gasteiger charge is 2.45. The number of carbonyl (C=O) groups excluding carboxylic acids is 7. The third kappa shape index (κ3) is 16.1. The van der Waals surface area contributed by atoms with Crippen molar-refractivity contribution in [1.29, 1.82) is 5.26 Å². The van der Waals surface area contributed by atoms with Crippen LogP contribution < -0.4 is 16.0 Å². The van der Waals surface area contributed by atoms with Crippen LogP contribution in [-0.2, 0) is 51.3 Å². The topological polar surface area (TPSA) is 203 Å². The molecule has 0 unspecified atom stereocenters. The fourth-order valence-corrected chi connectivity index (χ4v) is 8.46. The summed E-state index contributed by atoms with van der Waals surface area (Å²) in [7, 11) is 3.11. The van der Waals surface area contributed by atoms with E-state index < -0.39 is 128 Å². The Bertz CT molecular complexity index is 2480. The third-order valence-corrected chi connectivity index (χ3v) is 12.5. The molecule has 7 atom stereocenters. The molecule has 3 N–H and O–H groups in total. The van der Waals surface area contributed by atoms with Crippen LogP contribution in [0.1, 0.15) is 84.3 Å². The summed E-state index contributed by atoms with van der Waals surface area (Å²) in [5.74, 6) is -9.85. The van der Waals surface area contributed by atoms with Crippen molar-refractivity contribution in [2.75, 3.05) is 21.1 Å². The molecule has 4 rings (SSSR count). The van der Waals surface area contributed by atoms with Gasteiger partial charge >= 0.3 is 18.3 Å². The van der Waals surface area contributed by atoms with Gasteiger partial charge in [0.05, 0.1) is 18.9 Å². The summed E-state index contributed by atoms with van der Waals surface area (Å²) < 4.78 is 93.3. The number of likely N-dealkylation sites (N-methyl/N-ethyl adjacent to an activating group) is 3. The number of esters is 1. The molecule has 1 fully saturated rings. The summed E-state index contributed by atoms with van der Waals surface area (Å²) in [6, 6.07) is 4.20. The number of amides is 6. The number of hydrogen-bond acceptors (Lipinski definition) is 9. The molecule has 0 bridgehead atoms. The van der Waals surface area contributed by atoms with Gasteiger partial charge in [0.1, 0.15) is 36.3 Å². The Hall–Kier alpha value is -6.37. The number of benzene rings is 2. The van der Waals surface area contributed by atoms with Crippen molar-refractivity contribution in [3.8, 4) is 6.07 Å². The van der Waals surface area contributed by atoms with E-state index >= 15 is 0 Å². The predicted molar refractivity (Wildman–Crippen MR) is 252 cm³/mol. The van der Waals surface area contributed by atoms with E-state index in [1.54, 1.807) is 88.5 Å². The standard InChI is InChI=1S/C49H61ClF6N8O8/c1-27(2)20-34-44(68)61(6)29(5)47(71)72-40(14-11-19-57)43(67)60-36(24-49(54,55)56)46(70)62(7)38(21-28(3)4)41(65)59-35(23-48(51,52)53)45(69)63(8)39(42(66)58-34)22-31-26-64(37-13-10-9-12-33(31)37)25-30-15-17-32(50)18-16-30/h9-10,12-13,15-18,26-29,34-36,38-40H,11,14,20-25H2,1-8H3,(H,58,66)(H,59,65)(H,60,67)/t29-,34-,35-,36-,38-,39-,40+/m0/s1. The van der Waals surface area contributed by atoms with Gasteiger partial charge in [-0.1, -0.05) is 69.6 Å². The first-order valence-electron chi connectivity index (χ1n) is 23.2. The SMILES string of the molecule is CC(C)C[C@@H]1NC(=O)[C@H](Cc2cn(Cc3ccc(Cl)cc3)c3ccccc23)N(C)C(=O)[C@H](CC(F)(F)F)NC(=O)[C@H](CC(C)C)N(C)C(=O)[C@H](CC(F)(F)F)NC(=O)[C@@H](CCC#N)OC(=O)[C@H](C)N(C)C1=O. The highest BCUT2D eigenvalue weighted by molar-refractivity contribution is 6.30. The van der Waals surface area contributed by atoms with Crippen molar-refractivity contribution < 1.29 is 64.6 Å². The highest BCUT2D eigenvalue weighted by atomic mass is 35.5. The van der Waals surface area contributed by atoms with Crippen LogP contribution >= 0.6 is 11.6 Å². The van der Waals surface area contributed by atoms with Gasteiger partial charge in [-0.2, -0.15) is 31.6 Å². The van der Waals surface area contributed by atoms with E-state index in [0.29, 0.717) is 37.8 Å². The summed E-state index contributed by atoms with van der Waals surface area (Å²) >= 11 is 6.12. The van der Waals surface area contributed by atoms with E-state index in [2.05, 4.69) is 10.6 Å². The van der Waals surface area contributed by atoms with Gasteiger partial charge in [0.2, 0.25) is 29.5 Å². The third-order valence-electron chi connectivity index (χ3n) is 12.2. The van der Waals surface area contributed by atoms with Crippen LogP contribution in [-0.4, -0.2) is 137 Å². The number of rotatable bonds is 12. The maximum Gasteiger partial charge on any atom is 0.391 e. The van der Waals surface area contributed by atoms with Gasteiger partial charge in [0, 0.05) is 69.1 Å². The summed E-state index contributed by atoms with van der Waals surface area (Å²) in [6.45, 7) is 8.02. The molecule has 2 heterocycles. The zero-order valence-corrected chi connectivity index (χ0v) is 42.0. The number of carbonyl (C=O) groups is 7. The molecule has 1 aromatic heterocycles. The first kappa shape index (κ1) is 58.2. The Morgan fingerprint density at radius 1 is 0.694 bits per heavy atom. The van der Waals surface area contributed by atoms with Crippen molar-refractivity contribution in [3.05, 3.63) is 70.9 Å². The average molecular weight is 1040 g/mol. The predicted octanol–water partition coefficient (Wildman–Crippen LogP) is 6.07. The number of halogens is 7. The molecule has 1 saturated heterocycles. The van der Waals surface area contributed by atoms with Gasteiger partial charge in [0.25, 0.3) is 5.91 Å². The molecule has 6 amide bonds. The van der Waals surface area contributed by atoms with Crippen LogP contribution in [0.15, 0.2) is 54.7 Å². The molecule has 394 valence electrons. The van der Waals surface area contributed by atoms with Crippen LogP contribution in [0.2, 0.25) is 5.02 Å². The fourth-order valence-electron chi connectivity index (χ4n) is 8.33. The summed E-state index contributed by atoms with van der Waals surface area (Å²) in [5, 5.41) is 17.1. The Labute approximate surface area is 418 Å². The van der Waals surface area contributed by atoms with Gasteiger partial charge in [-0.05, 0) is 60.9 Å². The lowest BCUT2D eigenvalue weighted by Crippen LogP contribution is -2.61. The minimum Gasteiger partial charge on any atom is -0.451 e. The van der Waals surface area contributed by atoms with Gasteiger partial charge in [-0.15, -0.1) is 0 Å². The summed E-state index contributed by atoms with van der Waals surface area (Å²) in [4.78, 5) is 102. The molecule has 0 radical (unpaired) electrons. The number of ether oxygens (including phenoxy) is 1. The molecule has 0 aliphatic carbocycles. The van der Waals surface area contributed by atoms with Crippen molar-refractivity contribution in [2.24, 2.45) is 11.8 Å². The smallest absolute Gasteiger partial charge is 0.391 e. The summed E-state index contributed by atoms with van der Waals surface area (Å²) in [5.41, 5.74) is 1.95. The lowest BCUT2D eigenvalue weighted by atomic mass is 9.98. The molecular formula is C49H61ClF6N8O8. The second-order valence-electron chi connectivity index (χ2n) is 18.9. The maximum atomic E-state index is 14.9. The Balaban J connectivity index is 1.95. The zero-order chi connectivity index (χ0) is 54.0. The summed E-state index contributed by atoms with van der Waals surface area (Å²) in [6.07, 6.45) is -16.5. The molecule has 1 aliphatic rings. The van der Waals surface area contributed by atoms with E-state index in [0.717, 1.165) is 24.6 Å². The lowest BCUT2D eigenvalue weighted by molar-refractivity contribution is -0.166. The zero-order valence-electron chi connectivity index (χ0n) is 41.2. The molecule has 0 saturated carbocycles. The van der Waals surface area contributed by atoms with Crippen molar-refractivity contribution in [2.45, 2.75) is 141 Å². The monoisotopic (exact) mass is 1040 g/mol. The number of cyclic esters (lactones) is 1. The normalized spacial score (nSPS) is 23.2. The molecule has 2 aromatic carbocycles. The Morgan fingerprint density at radius 2 is 1.19 bits per heavy atom. The van der Waals surface area contributed by atoms with Crippen LogP contribution in [0.3, 0.4) is 0 Å². The molecular weight excluding hydrogens is 978 g/mol. The van der Waals surface area contributed by atoms with Gasteiger partial charge in [0.15, 0.2) is 6.10 Å². The van der Waals surface area contributed by atoms with Gasteiger partial charge in [-0.25, -0.2) is 4.79 Å². The van der Waals surface area contributed by atoms with Gasteiger partial charge < -0.3 is 40.0 Å². The van der Waals surface area contributed by atoms with E-state index in [-0.39, 0.29) is 25.2 Å². The molecule has 72 heavy (non-hydrogen) atoms. The number of hydrogen-bond donors (Lipinski definition) is 3. The number of fused-ring (bicyclic) bond motifs is 1. The van der Waals surface area contributed by atoms with Crippen molar-refractivity contribution >= 4 is 63.9 Å². The van der Waals surface area contributed by atoms with Crippen LogP contribution in [0.25, 0.3) is 10.9 Å². The number of nitrogens with one attached hydrogen (secondary N) is 3. The number of para-hydroxylation sites is 1. The maximum absolute atomic E-state index is 14.9. The van der Waals surface area contributed by atoms with Crippen LogP contribution in [0.5, 0.6) is 0 Å². The molecule has 3 aromatic rings. The van der Waals surface area contributed by atoms with E-state index in [1.807, 2.05) is 9.88 Å². The van der Waals surface area contributed by atoms with Crippen molar-refractivity contribution in [1.82, 2.24) is 35.2 Å². The first-order valence-corrected chi connectivity index (χ1v) is 23.6. The molecule has 23 heteroatoms. The van der Waals surface area contributed by atoms with E-state index in [4.69, 9.17) is 16.3 Å². The minimum atomic E-state index is -5.15. The number of nitriles is 1. The molecule has 0 spiro atoms.